The van der Waals surface area contributed by atoms with E-state index < -0.39 is 0 Å². The Balaban J connectivity index is 1.75. The number of hydrogen-bond donors (Lipinski definition) is 1. The molecule has 1 atom stereocenters. The monoisotopic (exact) mass is 239 g/mol. The van der Waals surface area contributed by atoms with E-state index in [0.717, 1.165) is 6.04 Å². The molecule has 1 nitrogen and oxygen atoms in total. The molecule has 0 aliphatic carbocycles. The minimum absolute atomic E-state index is 0.855. The third-order valence-corrected chi connectivity index (χ3v) is 4.07. The molecule has 0 amide bonds. The van der Waals surface area contributed by atoms with Crippen molar-refractivity contribution in [3.8, 4) is 0 Å². The smallest absolute Gasteiger partial charge is 0.00670 e. The van der Waals surface area contributed by atoms with Crippen LogP contribution in [0.25, 0.3) is 0 Å². The molecule has 1 unspecified atom stereocenters. The van der Waals surface area contributed by atoms with Crippen LogP contribution in [0.15, 0.2) is 0 Å². The van der Waals surface area contributed by atoms with Gasteiger partial charge in [0.2, 0.25) is 0 Å². The van der Waals surface area contributed by atoms with E-state index in [2.05, 4.69) is 12.2 Å². The van der Waals surface area contributed by atoms with Crippen molar-refractivity contribution < 1.29 is 0 Å². The first-order valence-electron chi connectivity index (χ1n) is 8.17. The van der Waals surface area contributed by atoms with Crippen molar-refractivity contribution in [1.82, 2.24) is 5.32 Å². The molecule has 0 aromatic carbocycles. The second-order valence-electron chi connectivity index (χ2n) is 5.76. The van der Waals surface area contributed by atoms with Crippen molar-refractivity contribution in [3.63, 3.8) is 0 Å². The summed E-state index contributed by atoms with van der Waals surface area (Å²) in [5.74, 6) is 0. The van der Waals surface area contributed by atoms with Crippen LogP contribution in [-0.4, -0.2) is 12.6 Å². The Kier molecular flexibility index (Phi) is 9.78. The van der Waals surface area contributed by atoms with E-state index in [1.165, 1.54) is 90.0 Å². The molecule has 17 heavy (non-hydrogen) atoms. The molecule has 1 N–H and O–H groups in total. The second kappa shape index (κ2) is 11.1. The molecule has 1 saturated heterocycles. The highest BCUT2D eigenvalue weighted by Crippen LogP contribution is 2.15. The summed E-state index contributed by atoms with van der Waals surface area (Å²) in [6, 6.07) is 0.855. The molecule has 102 valence electrons. The molecule has 1 fully saturated rings. The summed E-state index contributed by atoms with van der Waals surface area (Å²) >= 11 is 0. The SMILES string of the molecule is CCCCCCCCCCCC1CCCCN1. The highest BCUT2D eigenvalue weighted by atomic mass is 14.9. The number of piperidine rings is 1. The Bertz CT molecular complexity index is 150. The Hall–Kier alpha value is -0.0400. The van der Waals surface area contributed by atoms with E-state index in [1.807, 2.05) is 0 Å². The molecular weight excluding hydrogens is 206 g/mol. The van der Waals surface area contributed by atoms with E-state index in [9.17, 15) is 0 Å². The van der Waals surface area contributed by atoms with E-state index in [0.29, 0.717) is 0 Å². The van der Waals surface area contributed by atoms with Gasteiger partial charge in [-0.05, 0) is 25.8 Å². The lowest BCUT2D eigenvalue weighted by Gasteiger charge is -2.23. The van der Waals surface area contributed by atoms with E-state index in [-0.39, 0.29) is 0 Å². The van der Waals surface area contributed by atoms with Crippen LogP contribution >= 0.6 is 0 Å². The van der Waals surface area contributed by atoms with Crippen LogP contribution < -0.4 is 5.32 Å². The van der Waals surface area contributed by atoms with Gasteiger partial charge in [-0.2, -0.15) is 0 Å². The molecule has 0 spiro atoms. The Morgan fingerprint density at radius 3 is 2.06 bits per heavy atom. The average molecular weight is 239 g/mol. The Labute approximate surface area is 109 Å². The van der Waals surface area contributed by atoms with Gasteiger partial charge in [0.05, 0.1) is 0 Å². The zero-order chi connectivity index (χ0) is 12.2. The van der Waals surface area contributed by atoms with Gasteiger partial charge in [-0.15, -0.1) is 0 Å². The zero-order valence-corrected chi connectivity index (χ0v) is 12.0. The quantitative estimate of drug-likeness (QED) is 0.526. The van der Waals surface area contributed by atoms with Gasteiger partial charge >= 0.3 is 0 Å². The van der Waals surface area contributed by atoms with E-state index >= 15 is 0 Å². The Morgan fingerprint density at radius 1 is 0.824 bits per heavy atom. The van der Waals surface area contributed by atoms with Gasteiger partial charge in [0.1, 0.15) is 0 Å². The van der Waals surface area contributed by atoms with E-state index in [4.69, 9.17) is 0 Å². The predicted octanol–water partition coefficient (Wildman–Crippen LogP) is 5.05. The standard InChI is InChI=1S/C16H33N/c1-2-3-4-5-6-7-8-9-10-13-16-14-11-12-15-17-16/h16-17H,2-15H2,1H3. The fraction of sp³-hybridized carbons (Fsp3) is 1.00. The number of rotatable bonds is 10. The third kappa shape index (κ3) is 8.65. The molecule has 1 aliphatic rings. The lowest BCUT2D eigenvalue weighted by atomic mass is 9.98. The van der Waals surface area contributed by atoms with Crippen molar-refractivity contribution in [3.05, 3.63) is 0 Å². The molecule has 0 bridgehead atoms. The summed E-state index contributed by atoms with van der Waals surface area (Å²) < 4.78 is 0. The van der Waals surface area contributed by atoms with Crippen LogP contribution in [-0.2, 0) is 0 Å². The fourth-order valence-electron chi connectivity index (χ4n) is 2.87. The summed E-state index contributed by atoms with van der Waals surface area (Å²) in [7, 11) is 0. The van der Waals surface area contributed by atoms with Gasteiger partial charge in [-0.1, -0.05) is 71.1 Å². The van der Waals surface area contributed by atoms with Gasteiger partial charge in [-0.3, -0.25) is 0 Å². The number of nitrogens with one attached hydrogen (secondary N) is 1. The van der Waals surface area contributed by atoms with Gasteiger partial charge < -0.3 is 5.32 Å². The molecule has 0 radical (unpaired) electrons. The molecule has 0 aromatic heterocycles. The average Bonchev–Trinajstić information content (AvgIpc) is 2.38. The molecular formula is C16H33N. The zero-order valence-electron chi connectivity index (χ0n) is 12.0. The maximum absolute atomic E-state index is 3.64. The van der Waals surface area contributed by atoms with Crippen LogP contribution in [0.5, 0.6) is 0 Å². The second-order valence-corrected chi connectivity index (χ2v) is 5.76. The minimum Gasteiger partial charge on any atom is -0.314 e. The topological polar surface area (TPSA) is 12.0 Å². The maximum Gasteiger partial charge on any atom is 0.00670 e. The molecule has 1 aliphatic heterocycles. The van der Waals surface area contributed by atoms with Gasteiger partial charge in [0.25, 0.3) is 0 Å². The summed E-state index contributed by atoms with van der Waals surface area (Å²) in [5, 5.41) is 3.64. The van der Waals surface area contributed by atoms with Gasteiger partial charge in [0, 0.05) is 6.04 Å². The van der Waals surface area contributed by atoms with Crippen molar-refractivity contribution in [2.45, 2.75) is 96.4 Å². The summed E-state index contributed by atoms with van der Waals surface area (Å²) in [6.07, 6.45) is 18.8. The van der Waals surface area contributed by atoms with Crippen LogP contribution in [0.3, 0.4) is 0 Å². The highest BCUT2D eigenvalue weighted by Gasteiger charge is 2.11. The van der Waals surface area contributed by atoms with Crippen LogP contribution in [0.1, 0.15) is 90.4 Å². The molecule has 0 saturated carbocycles. The van der Waals surface area contributed by atoms with Crippen molar-refractivity contribution in [2.24, 2.45) is 0 Å². The molecule has 1 heteroatoms. The van der Waals surface area contributed by atoms with Gasteiger partial charge in [-0.25, -0.2) is 0 Å². The lowest BCUT2D eigenvalue weighted by molar-refractivity contribution is 0.370. The predicted molar refractivity (Wildman–Crippen MR) is 77.5 cm³/mol. The first-order chi connectivity index (χ1) is 8.43. The summed E-state index contributed by atoms with van der Waals surface area (Å²) in [5.41, 5.74) is 0. The largest absolute Gasteiger partial charge is 0.314 e. The van der Waals surface area contributed by atoms with Crippen LogP contribution in [0, 0.1) is 0 Å². The van der Waals surface area contributed by atoms with Crippen molar-refractivity contribution in [2.75, 3.05) is 6.54 Å². The first-order valence-corrected chi connectivity index (χ1v) is 8.17. The summed E-state index contributed by atoms with van der Waals surface area (Å²) in [4.78, 5) is 0. The van der Waals surface area contributed by atoms with Crippen molar-refractivity contribution in [1.29, 1.82) is 0 Å². The molecule has 1 rings (SSSR count). The first kappa shape index (κ1) is 15.0. The summed E-state index contributed by atoms with van der Waals surface area (Å²) in [6.45, 7) is 3.56. The maximum atomic E-state index is 3.64. The number of hydrogen-bond acceptors (Lipinski definition) is 1. The lowest BCUT2D eigenvalue weighted by Crippen LogP contribution is -2.33. The highest BCUT2D eigenvalue weighted by molar-refractivity contribution is 4.71. The van der Waals surface area contributed by atoms with Crippen LogP contribution in [0.2, 0.25) is 0 Å². The Morgan fingerprint density at radius 2 is 1.47 bits per heavy atom. The van der Waals surface area contributed by atoms with Crippen LogP contribution in [0.4, 0.5) is 0 Å². The normalized spacial score (nSPS) is 20.6. The van der Waals surface area contributed by atoms with Gasteiger partial charge in [0.15, 0.2) is 0 Å². The van der Waals surface area contributed by atoms with E-state index in [1.54, 1.807) is 0 Å². The third-order valence-electron chi connectivity index (χ3n) is 4.07. The van der Waals surface area contributed by atoms with Crippen molar-refractivity contribution >= 4 is 0 Å². The number of unbranched alkanes of at least 4 members (excludes halogenated alkanes) is 8. The minimum atomic E-state index is 0.855. The molecule has 1 heterocycles. The molecule has 0 aromatic rings. The fourth-order valence-corrected chi connectivity index (χ4v) is 2.87.